The van der Waals surface area contributed by atoms with Gasteiger partial charge in [-0.25, -0.2) is 4.90 Å². The zero-order valence-corrected chi connectivity index (χ0v) is 13.9. The predicted octanol–water partition coefficient (Wildman–Crippen LogP) is 3.71. The van der Waals surface area contributed by atoms with Gasteiger partial charge in [-0.2, -0.15) is 0 Å². The lowest BCUT2D eigenvalue weighted by molar-refractivity contribution is 0.0566. The fourth-order valence-electron chi connectivity index (χ4n) is 3.19. The van der Waals surface area contributed by atoms with Crippen molar-refractivity contribution in [1.29, 1.82) is 0 Å². The summed E-state index contributed by atoms with van der Waals surface area (Å²) < 4.78 is 0. The summed E-state index contributed by atoms with van der Waals surface area (Å²) in [6.45, 7) is 0. The van der Waals surface area contributed by atoms with E-state index < -0.39 is 17.7 Å². The molecule has 1 aliphatic heterocycles. The van der Waals surface area contributed by atoms with Crippen LogP contribution in [0.1, 0.15) is 42.2 Å². The number of imide groups is 3. The second-order valence-electron chi connectivity index (χ2n) is 6.12. The van der Waals surface area contributed by atoms with Gasteiger partial charge in [0.05, 0.1) is 11.1 Å². The Kier molecular flexibility index (Phi) is 3.93. The van der Waals surface area contributed by atoms with Crippen LogP contribution < -0.4 is 0 Å². The first-order valence-electron chi connectivity index (χ1n) is 8.31. The van der Waals surface area contributed by atoms with Gasteiger partial charge in [-0.05, 0) is 35.7 Å². The van der Waals surface area contributed by atoms with Crippen LogP contribution in [0.2, 0.25) is 0 Å². The minimum Gasteiger partial charge on any atom is -0.268 e. The minimum atomic E-state index is -0.581. The first-order chi connectivity index (χ1) is 12.7. The average Bonchev–Trinajstić information content (AvgIpc) is 2.94. The molecule has 0 aromatic heterocycles. The number of fused-ring (bicyclic) bond motifs is 1. The van der Waals surface area contributed by atoms with Crippen molar-refractivity contribution in [2.24, 2.45) is 0 Å². The minimum absolute atomic E-state index is 0.270. The van der Waals surface area contributed by atoms with Gasteiger partial charge in [-0.1, -0.05) is 60.7 Å². The summed E-state index contributed by atoms with van der Waals surface area (Å²) in [5.74, 6) is -1.71. The summed E-state index contributed by atoms with van der Waals surface area (Å²) in [6.07, 6.45) is 0.548. The van der Waals surface area contributed by atoms with E-state index >= 15 is 0 Å². The molecule has 3 aromatic rings. The number of hydrogen-bond acceptors (Lipinski definition) is 3. The lowest BCUT2D eigenvalue weighted by Crippen LogP contribution is -2.36. The van der Waals surface area contributed by atoms with Crippen molar-refractivity contribution in [3.8, 4) is 0 Å². The molecule has 4 nitrogen and oxygen atoms in total. The fraction of sp³-hybridized carbons (Fsp3) is 0.0455. The molecule has 0 saturated carbocycles. The molecule has 126 valence electrons. The van der Waals surface area contributed by atoms with E-state index in [9.17, 15) is 14.4 Å². The number of nitrogens with zero attached hydrogens (tertiary/aromatic N) is 1. The highest BCUT2D eigenvalue weighted by atomic mass is 16.2. The highest BCUT2D eigenvalue weighted by molar-refractivity contribution is 6.31. The normalized spacial score (nSPS) is 13.0. The molecule has 0 saturated heterocycles. The lowest BCUT2D eigenvalue weighted by Gasteiger charge is -2.15. The van der Waals surface area contributed by atoms with Gasteiger partial charge in [0.25, 0.3) is 17.7 Å². The van der Waals surface area contributed by atoms with Crippen molar-refractivity contribution >= 4 is 17.7 Å². The Morgan fingerprint density at radius 1 is 0.692 bits per heavy atom. The molecular weight excluding hydrogens is 326 g/mol. The Morgan fingerprint density at radius 3 is 1.88 bits per heavy atom. The maximum Gasteiger partial charge on any atom is 0.268 e. The van der Waals surface area contributed by atoms with E-state index in [1.807, 2.05) is 42.5 Å². The fourth-order valence-corrected chi connectivity index (χ4v) is 3.19. The third-order valence-electron chi connectivity index (χ3n) is 4.48. The van der Waals surface area contributed by atoms with Crippen molar-refractivity contribution in [2.45, 2.75) is 6.42 Å². The van der Waals surface area contributed by atoms with Gasteiger partial charge in [0.15, 0.2) is 0 Å². The first-order valence-corrected chi connectivity index (χ1v) is 8.31. The Balaban J connectivity index is 1.70. The van der Waals surface area contributed by atoms with E-state index in [2.05, 4.69) is 0 Å². The van der Waals surface area contributed by atoms with E-state index in [0.717, 1.165) is 16.0 Å². The topological polar surface area (TPSA) is 54.5 Å². The summed E-state index contributed by atoms with van der Waals surface area (Å²) in [5, 5.41) is 0. The van der Waals surface area contributed by atoms with Crippen LogP contribution in [0.25, 0.3) is 0 Å². The standard InChI is InChI=1S/C22H15NO3/c24-20(23-21(25)18-12-6-7-13-19(18)22(23)26)17-11-5-4-10-16(17)14-15-8-2-1-3-9-15/h1-13H,14H2. The molecule has 0 bridgehead atoms. The number of amides is 3. The molecule has 0 fully saturated rings. The van der Waals surface area contributed by atoms with E-state index in [1.165, 1.54) is 0 Å². The number of hydrogen-bond donors (Lipinski definition) is 0. The number of benzene rings is 3. The lowest BCUT2D eigenvalue weighted by atomic mass is 9.99. The quantitative estimate of drug-likeness (QED) is 0.682. The van der Waals surface area contributed by atoms with Gasteiger partial charge in [0.2, 0.25) is 0 Å². The molecule has 3 amide bonds. The largest absolute Gasteiger partial charge is 0.268 e. The van der Waals surface area contributed by atoms with Gasteiger partial charge in [-0.15, -0.1) is 0 Å². The zero-order valence-electron chi connectivity index (χ0n) is 13.9. The molecule has 0 unspecified atom stereocenters. The SMILES string of the molecule is O=C(c1ccccc1Cc1ccccc1)N1C(=O)c2ccccc2C1=O. The molecule has 1 heterocycles. The Hall–Kier alpha value is -3.53. The van der Waals surface area contributed by atoms with Gasteiger partial charge in [-0.3, -0.25) is 14.4 Å². The summed E-state index contributed by atoms with van der Waals surface area (Å²) in [4.78, 5) is 38.9. The summed E-state index contributed by atoms with van der Waals surface area (Å²) in [5.41, 5.74) is 2.74. The van der Waals surface area contributed by atoms with Gasteiger partial charge >= 0.3 is 0 Å². The molecule has 0 radical (unpaired) electrons. The highest BCUT2D eigenvalue weighted by Gasteiger charge is 2.40. The Bertz CT molecular complexity index is 989. The second-order valence-corrected chi connectivity index (χ2v) is 6.12. The third-order valence-corrected chi connectivity index (χ3v) is 4.48. The average molecular weight is 341 g/mol. The van der Waals surface area contributed by atoms with Crippen LogP contribution in [0.4, 0.5) is 0 Å². The molecule has 4 rings (SSSR count). The summed E-state index contributed by atoms with van der Waals surface area (Å²) in [7, 11) is 0. The molecule has 0 N–H and O–H groups in total. The number of carbonyl (C=O) groups excluding carboxylic acids is 3. The van der Waals surface area contributed by atoms with Crippen LogP contribution in [0, 0.1) is 0 Å². The maximum atomic E-state index is 13.0. The summed E-state index contributed by atoms with van der Waals surface area (Å²) in [6, 6.07) is 23.3. The maximum absolute atomic E-state index is 13.0. The smallest absolute Gasteiger partial charge is 0.268 e. The van der Waals surface area contributed by atoms with E-state index in [1.54, 1.807) is 36.4 Å². The zero-order chi connectivity index (χ0) is 18.1. The van der Waals surface area contributed by atoms with Crippen LogP contribution >= 0.6 is 0 Å². The van der Waals surface area contributed by atoms with Crippen LogP contribution in [-0.2, 0) is 6.42 Å². The van der Waals surface area contributed by atoms with Crippen molar-refractivity contribution in [2.75, 3.05) is 0 Å². The van der Waals surface area contributed by atoms with Gasteiger partial charge in [0.1, 0.15) is 0 Å². The first kappa shape index (κ1) is 16.0. The molecule has 4 heteroatoms. The van der Waals surface area contributed by atoms with E-state index in [4.69, 9.17) is 0 Å². The molecule has 3 aromatic carbocycles. The van der Waals surface area contributed by atoms with Crippen LogP contribution in [0.3, 0.4) is 0 Å². The van der Waals surface area contributed by atoms with Crippen LogP contribution in [0.5, 0.6) is 0 Å². The monoisotopic (exact) mass is 341 g/mol. The summed E-state index contributed by atoms with van der Waals surface area (Å²) >= 11 is 0. The Labute approximate surface area is 150 Å². The second kappa shape index (κ2) is 6.41. The molecule has 0 atom stereocenters. The van der Waals surface area contributed by atoms with Crippen molar-refractivity contribution in [3.63, 3.8) is 0 Å². The van der Waals surface area contributed by atoms with E-state index in [-0.39, 0.29) is 11.1 Å². The van der Waals surface area contributed by atoms with Gasteiger partial charge in [0, 0.05) is 5.56 Å². The molecule has 0 aliphatic carbocycles. The Morgan fingerprint density at radius 2 is 1.23 bits per heavy atom. The highest BCUT2D eigenvalue weighted by Crippen LogP contribution is 2.25. The van der Waals surface area contributed by atoms with E-state index in [0.29, 0.717) is 12.0 Å². The molecule has 26 heavy (non-hydrogen) atoms. The van der Waals surface area contributed by atoms with Gasteiger partial charge < -0.3 is 0 Å². The van der Waals surface area contributed by atoms with Crippen LogP contribution in [0.15, 0.2) is 78.9 Å². The molecular formula is C22H15NO3. The third kappa shape index (κ3) is 2.62. The van der Waals surface area contributed by atoms with Crippen molar-refractivity contribution in [3.05, 3.63) is 107 Å². The molecule has 1 aliphatic rings. The van der Waals surface area contributed by atoms with Crippen molar-refractivity contribution in [1.82, 2.24) is 4.90 Å². The van der Waals surface area contributed by atoms with Crippen LogP contribution in [-0.4, -0.2) is 22.6 Å². The molecule has 0 spiro atoms. The number of rotatable bonds is 3. The predicted molar refractivity (Wildman–Crippen MR) is 97.0 cm³/mol. The number of carbonyl (C=O) groups is 3. The van der Waals surface area contributed by atoms with Crippen molar-refractivity contribution < 1.29 is 14.4 Å².